The number of benzene rings is 2. The van der Waals surface area contributed by atoms with E-state index in [1.807, 2.05) is 0 Å². The Bertz CT molecular complexity index is 821. The van der Waals surface area contributed by atoms with E-state index in [4.69, 9.17) is 0 Å². The van der Waals surface area contributed by atoms with Crippen LogP contribution in [0.15, 0.2) is 30.3 Å². The predicted molar refractivity (Wildman–Crippen MR) is 83.3 cm³/mol. The average molecular weight is 311 g/mol. The molecule has 0 atom stereocenters. The molecule has 1 aliphatic rings. The van der Waals surface area contributed by atoms with E-state index in [1.54, 1.807) is 19.8 Å². The predicted octanol–water partition coefficient (Wildman–Crippen LogP) is 4.39. The fourth-order valence-electron chi connectivity index (χ4n) is 3.08. The van der Waals surface area contributed by atoms with Gasteiger partial charge in [-0.05, 0) is 0 Å². The van der Waals surface area contributed by atoms with Gasteiger partial charge in [0.2, 0.25) is 0 Å². The topological polar surface area (TPSA) is 0 Å². The van der Waals surface area contributed by atoms with Crippen molar-refractivity contribution < 1.29 is 0 Å². The van der Waals surface area contributed by atoms with Crippen molar-refractivity contribution in [2.24, 2.45) is 0 Å². The molecule has 0 spiro atoms. The van der Waals surface area contributed by atoms with Crippen LogP contribution < -0.4 is 0 Å². The van der Waals surface area contributed by atoms with E-state index in [0.29, 0.717) is 14.5 Å². The van der Waals surface area contributed by atoms with Gasteiger partial charge in [-0.3, -0.25) is 0 Å². The van der Waals surface area contributed by atoms with Gasteiger partial charge in [-0.25, -0.2) is 0 Å². The molecule has 0 fully saturated rings. The van der Waals surface area contributed by atoms with Crippen molar-refractivity contribution in [3.8, 4) is 10.0 Å². The zero-order valence-electron chi connectivity index (χ0n) is 11.5. The van der Waals surface area contributed by atoms with E-state index < -0.39 is 0 Å². The molecule has 0 aliphatic heterocycles. The van der Waals surface area contributed by atoms with Crippen molar-refractivity contribution in [1.82, 2.24) is 0 Å². The molecular formula is C18H16Se. The standard InChI is InChI=1S/C18H16Se/c1-10-4-5-17-15(6-10)16-9-13-7-11(2)12(3)8-14(13)18(16)19-17/h4-8H,9H2,1-3H3. The van der Waals surface area contributed by atoms with Crippen LogP contribution in [0.3, 0.4) is 0 Å². The van der Waals surface area contributed by atoms with E-state index >= 15 is 0 Å². The fourth-order valence-corrected chi connectivity index (χ4v) is 5.71. The van der Waals surface area contributed by atoms with Crippen LogP contribution in [0.25, 0.3) is 19.6 Å². The molecule has 0 saturated carbocycles. The number of hydrogen-bond acceptors (Lipinski definition) is 0. The fraction of sp³-hybridized carbons (Fsp3) is 0.222. The second-order valence-electron chi connectivity index (χ2n) is 5.68. The summed E-state index contributed by atoms with van der Waals surface area (Å²) in [7, 11) is 0. The number of fused-ring (bicyclic) bond motifs is 5. The molecule has 1 heteroatoms. The summed E-state index contributed by atoms with van der Waals surface area (Å²) < 4.78 is 3.22. The molecule has 1 aliphatic carbocycles. The van der Waals surface area contributed by atoms with Crippen LogP contribution in [0.5, 0.6) is 0 Å². The van der Waals surface area contributed by atoms with Gasteiger partial charge in [-0.15, -0.1) is 0 Å². The molecule has 0 N–H and O–H groups in total. The Balaban J connectivity index is 2.04. The molecule has 1 aromatic heterocycles. The van der Waals surface area contributed by atoms with Gasteiger partial charge in [-0.2, -0.15) is 0 Å². The second-order valence-corrected chi connectivity index (χ2v) is 7.89. The maximum absolute atomic E-state index is 2.41. The van der Waals surface area contributed by atoms with Crippen LogP contribution in [0.4, 0.5) is 0 Å². The van der Waals surface area contributed by atoms with E-state index in [9.17, 15) is 0 Å². The van der Waals surface area contributed by atoms with Crippen LogP contribution in [0.2, 0.25) is 0 Å². The van der Waals surface area contributed by atoms with Crippen molar-refractivity contribution in [3.05, 3.63) is 58.1 Å². The molecule has 0 nitrogen and oxygen atoms in total. The summed E-state index contributed by atoms with van der Waals surface area (Å²) in [4.78, 5) is 0. The molecule has 0 amide bonds. The third-order valence-corrected chi connectivity index (χ3v) is 6.89. The summed E-state index contributed by atoms with van der Waals surface area (Å²) >= 11 is 0.505. The summed E-state index contributed by atoms with van der Waals surface area (Å²) in [6.07, 6.45) is 1.14. The molecule has 0 radical (unpaired) electrons. The second kappa shape index (κ2) is 3.85. The first kappa shape index (κ1) is 11.5. The molecule has 94 valence electrons. The van der Waals surface area contributed by atoms with Crippen LogP contribution in [0, 0.1) is 20.8 Å². The molecule has 0 unspecified atom stereocenters. The van der Waals surface area contributed by atoms with Crippen LogP contribution in [-0.4, -0.2) is 14.5 Å². The Morgan fingerprint density at radius 2 is 1.74 bits per heavy atom. The van der Waals surface area contributed by atoms with Gasteiger partial charge in [0.15, 0.2) is 0 Å². The van der Waals surface area contributed by atoms with Crippen LogP contribution in [-0.2, 0) is 6.42 Å². The van der Waals surface area contributed by atoms with E-state index in [0.717, 1.165) is 6.42 Å². The van der Waals surface area contributed by atoms with Crippen molar-refractivity contribution in [3.63, 3.8) is 0 Å². The van der Waals surface area contributed by atoms with E-state index in [2.05, 4.69) is 51.1 Å². The summed E-state index contributed by atoms with van der Waals surface area (Å²) in [6.45, 7) is 6.65. The van der Waals surface area contributed by atoms with Crippen molar-refractivity contribution in [1.29, 1.82) is 0 Å². The molecular weight excluding hydrogens is 295 g/mol. The molecule has 2 aromatic carbocycles. The first-order chi connectivity index (χ1) is 9.13. The van der Waals surface area contributed by atoms with Crippen molar-refractivity contribution >= 4 is 24.1 Å². The summed E-state index contributed by atoms with van der Waals surface area (Å²) in [5.41, 5.74) is 8.92. The Hall–Kier alpha value is -1.30. The summed E-state index contributed by atoms with van der Waals surface area (Å²) in [6, 6.07) is 11.8. The SMILES string of the molecule is Cc1ccc2[se]c3c(c2c1)Cc1cc(C)c(C)cc1-3. The van der Waals surface area contributed by atoms with Crippen molar-refractivity contribution in [2.45, 2.75) is 27.2 Å². The van der Waals surface area contributed by atoms with Gasteiger partial charge in [0, 0.05) is 0 Å². The van der Waals surface area contributed by atoms with Crippen LogP contribution >= 0.6 is 0 Å². The van der Waals surface area contributed by atoms with Gasteiger partial charge in [0.1, 0.15) is 0 Å². The molecule has 1 heterocycles. The zero-order valence-corrected chi connectivity index (χ0v) is 13.2. The zero-order chi connectivity index (χ0) is 13.1. The minimum atomic E-state index is 0.505. The van der Waals surface area contributed by atoms with Gasteiger partial charge in [0.05, 0.1) is 0 Å². The molecule has 4 rings (SSSR count). The van der Waals surface area contributed by atoms with Gasteiger partial charge < -0.3 is 0 Å². The molecule has 0 bridgehead atoms. The minimum absolute atomic E-state index is 0.505. The van der Waals surface area contributed by atoms with E-state index in [-0.39, 0.29) is 0 Å². The summed E-state index contributed by atoms with van der Waals surface area (Å²) in [5, 5.41) is 1.53. The third-order valence-electron chi connectivity index (χ3n) is 4.28. The quantitative estimate of drug-likeness (QED) is 0.422. The Morgan fingerprint density at radius 3 is 2.58 bits per heavy atom. The van der Waals surface area contributed by atoms with Gasteiger partial charge in [0.25, 0.3) is 0 Å². The Kier molecular flexibility index (Phi) is 2.33. The number of hydrogen-bond donors (Lipinski definition) is 0. The van der Waals surface area contributed by atoms with E-state index in [1.165, 1.54) is 27.6 Å². The van der Waals surface area contributed by atoms with Crippen LogP contribution in [0.1, 0.15) is 27.8 Å². The average Bonchev–Trinajstić information content (AvgIpc) is 2.87. The maximum atomic E-state index is 2.41. The molecule has 19 heavy (non-hydrogen) atoms. The first-order valence-corrected chi connectivity index (χ1v) is 8.47. The monoisotopic (exact) mass is 312 g/mol. The van der Waals surface area contributed by atoms with Gasteiger partial charge in [-0.1, -0.05) is 0 Å². The Morgan fingerprint density at radius 1 is 0.947 bits per heavy atom. The molecule has 0 saturated heterocycles. The molecule has 3 aromatic rings. The Labute approximate surface area is 119 Å². The van der Waals surface area contributed by atoms with Gasteiger partial charge >= 0.3 is 119 Å². The first-order valence-electron chi connectivity index (χ1n) is 6.76. The third kappa shape index (κ3) is 1.59. The number of aryl methyl sites for hydroxylation is 3. The number of rotatable bonds is 0. The van der Waals surface area contributed by atoms with Crippen molar-refractivity contribution in [2.75, 3.05) is 0 Å². The summed E-state index contributed by atoms with van der Waals surface area (Å²) in [5.74, 6) is 0. The normalized spacial score (nSPS) is 12.8.